The molecule has 0 aliphatic rings. The number of benzene rings is 1. The fourth-order valence-corrected chi connectivity index (χ4v) is 1.70. The Balaban J connectivity index is 0.00000254. The highest BCUT2D eigenvalue weighted by molar-refractivity contribution is 5.80. The van der Waals surface area contributed by atoms with Gasteiger partial charge in [0.1, 0.15) is 17.5 Å². The minimum Gasteiger partial charge on any atom is -0.480 e. The van der Waals surface area contributed by atoms with Crippen LogP contribution in [-0.4, -0.2) is 28.8 Å². The fourth-order valence-electron chi connectivity index (χ4n) is 1.70. The minimum atomic E-state index is -1.28. The van der Waals surface area contributed by atoms with Crippen molar-refractivity contribution in [1.29, 1.82) is 5.26 Å². The second kappa shape index (κ2) is 9.50. The van der Waals surface area contributed by atoms with E-state index in [1.54, 1.807) is 26.8 Å². The quantitative estimate of drug-likeness (QED) is 0.878. The molecular weight excluding hydrogens is 315 g/mol. The summed E-state index contributed by atoms with van der Waals surface area (Å²) >= 11 is 0. The van der Waals surface area contributed by atoms with Crippen LogP contribution >= 0.6 is 0 Å². The Morgan fingerprint density at radius 3 is 2.42 bits per heavy atom. The van der Waals surface area contributed by atoms with E-state index in [-0.39, 0.29) is 12.0 Å². The van der Waals surface area contributed by atoms with Crippen molar-refractivity contribution in [3.63, 3.8) is 0 Å². The van der Waals surface area contributed by atoms with E-state index < -0.39 is 29.5 Å². The fraction of sp³-hybridized carbons (Fsp3) is 0.471. The van der Waals surface area contributed by atoms with Crippen molar-refractivity contribution in [2.45, 2.75) is 52.7 Å². The van der Waals surface area contributed by atoms with Gasteiger partial charge >= 0.3 is 12.1 Å². The minimum absolute atomic E-state index is 0.0252. The maximum atomic E-state index is 13.1. The van der Waals surface area contributed by atoms with Crippen LogP contribution in [0.25, 0.3) is 0 Å². The van der Waals surface area contributed by atoms with E-state index in [9.17, 15) is 19.1 Å². The molecule has 1 amide bonds. The molecule has 2 N–H and O–H groups in total. The van der Waals surface area contributed by atoms with Crippen molar-refractivity contribution < 1.29 is 23.8 Å². The second-order valence-corrected chi connectivity index (χ2v) is 5.65. The van der Waals surface area contributed by atoms with Gasteiger partial charge in [-0.1, -0.05) is 19.9 Å². The molecule has 24 heavy (non-hydrogen) atoms. The lowest BCUT2D eigenvalue weighted by Crippen LogP contribution is -2.44. The standard InChI is InChI=1S/C15H17FN2O4.C2H6/c1-15(2,3)22-14(21)18-12(13(19)20)7-9-4-5-11(16)6-10(9)8-17;1-2/h4-6,12H,7H2,1-3H3,(H,18,21)(H,19,20);1-2H3. The average Bonchev–Trinajstić information content (AvgIpc) is 2.48. The van der Waals surface area contributed by atoms with Crippen LogP contribution in [0, 0.1) is 17.1 Å². The second-order valence-electron chi connectivity index (χ2n) is 5.65. The van der Waals surface area contributed by atoms with Gasteiger partial charge in [-0.3, -0.25) is 0 Å². The first-order chi connectivity index (χ1) is 11.1. The number of aliphatic carboxylic acids is 1. The first-order valence-corrected chi connectivity index (χ1v) is 7.53. The summed E-state index contributed by atoms with van der Waals surface area (Å²) in [5.74, 6) is -1.87. The van der Waals surface area contributed by atoms with Crippen molar-refractivity contribution in [3.8, 4) is 6.07 Å². The molecule has 0 aliphatic heterocycles. The Morgan fingerprint density at radius 1 is 1.38 bits per heavy atom. The molecule has 132 valence electrons. The topological polar surface area (TPSA) is 99.4 Å². The molecule has 1 atom stereocenters. The zero-order valence-electron chi connectivity index (χ0n) is 14.5. The van der Waals surface area contributed by atoms with Gasteiger partial charge in [0.25, 0.3) is 0 Å². The number of hydrogen-bond acceptors (Lipinski definition) is 4. The highest BCUT2D eigenvalue weighted by Crippen LogP contribution is 2.13. The van der Waals surface area contributed by atoms with Crippen molar-refractivity contribution in [2.75, 3.05) is 0 Å². The Bertz CT molecular complexity index is 618. The molecule has 1 rings (SSSR count). The van der Waals surface area contributed by atoms with Crippen LogP contribution in [0.5, 0.6) is 0 Å². The summed E-state index contributed by atoms with van der Waals surface area (Å²) in [6.07, 6.45) is -1.03. The van der Waals surface area contributed by atoms with Crippen LogP contribution in [-0.2, 0) is 16.0 Å². The Hall–Kier alpha value is -2.62. The smallest absolute Gasteiger partial charge is 0.408 e. The molecule has 0 heterocycles. The van der Waals surface area contributed by atoms with Gasteiger partial charge in [-0.25, -0.2) is 14.0 Å². The Morgan fingerprint density at radius 2 is 1.96 bits per heavy atom. The normalized spacial score (nSPS) is 11.4. The van der Waals surface area contributed by atoms with Gasteiger partial charge in [-0.05, 0) is 38.5 Å². The van der Waals surface area contributed by atoms with E-state index in [0.29, 0.717) is 5.56 Å². The number of carboxylic acid groups (broad SMARTS) is 1. The molecule has 0 fully saturated rings. The first-order valence-electron chi connectivity index (χ1n) is 7.53. The van der Waals surface area contributed by atoms with Crippen LogP contribution < -0.4 is 5.32 Å². The number of nitriles is 1. The molecule has 1 aromatic rings. The summed E-state index contributed by atoms with van der Waals surface area (Å²) in [6.45, 7) is 8.95. The molecule has 0 aliphatic carbocycles. The zero-order chi connectivity index (χ0) is 18.9. The number of alkyl carbamates (subject to hydrolysis) is 1. The third kappa shape index (κ3) is 7.58. The van der Waals surface area contributed by atoms with Gasteiger partial charge in [-0.2, -0.15) is 5.26 Å². The molecule has 1 unspecified atom stereocenters. The SMILES string of the molecule is CC.CC(C)(C)OC(=O)NC(Cc1ccc(F)cc1C#N)C(=O)O. The van der Waals surface area contributed by atoms with Gasteiger partial charge in [-0.15, -0.1) is 0 Å². The lowest BCUT2D eigenvalue weighted by atomic mass is 10.0. The molecule has 0 saturated heterocycles. The van der Waals surface area contributed by atoms with Crippen molar-refractivity contribution in [1.82, 2.24) is 5.32 Å². The van der Waals surface area contributed by atoms with Gasteiger partial charge < -0.3 is 15.2 Å². The lowest BCUT2D eigenvalue weighted by Gasteiger charge is -2.22. The molecule has 6 nitrogen and oxygen atoms in total. The molecule has 7 heteroatoms. The number of carboxylic acids is 1. The predicted molar refractivity (Wildman–Crippen MR) is 87.0 cm³/mol. The molecule has 0 saturated carbocycles. The van der Waals surface area contributed by atoms with Crippen molar-refractivity contribution >= 4 is 12.1 Å². The molecule has 0 bridgehead atoms. The molecule has 0 radical (unpaired) electrons. The Kier molecular flexibility index (Phi) is 8.47. The number of carbonyl (C=O) groups is 2. The van der Waals surface area contributed by atoms with Crippen LogP contribution in [0.2, 0.25) is 0 Å². The summed E-state index contributed by atoms with van der Waals surface area (Å²) in [5, 5.41) is 20.3. The van der Waals surface area contributed by atoms with Crippen LogP contribution in [0.1, 0.15) is 45.7 Å². The van der Waals surface area contributed by atoms with E-state index in [4.69, 9.17) is 10.00 Å². The monoisotopic (exact) mass is 338 g/mol. The third-order valence-corrected chi connectivity index (χ3v) is 2.61. The van der Waals surface area contributed by atoms with E-state index in [0.717, 1.165) is 12.1 Å². The number of halogens is 1. The van der Waals surface area contributed by atoms with E-state index in [1.165, 1.54) is 6.07 Å². The highest BCUT2D eigenvalue weighted by atomic mass is 19.1. The van der Waals surface area contributed by atoms with E-state index in [2.05, 4.69) is 5.32 Å². The molecule has 1 aromatic carbocycles. The maximum absolute atomic E-state index is 13.1. The number of rotatable bonds is 4. The maximum Gasteiger partial charge on any atom is 0.408 e. The number of amides is 1. The Labute approximate surface area is 141 Å². The summed E-state index contributed by atoms with van der Waals surface area (Å²) in [4.78, 5) is 22.9. The summed E-state index contributed by atoms with van der Waals surface area (Å²) < 4.78 is 18.1. The van der Waals surface area contributed by atoms with Crippen LogP contribution in [0.3, 0.4) is 0 Å². The van der Waals surface area contributed by atoms with E-state index in [1.807, 2.05) is 13.8 Å². The van der Waals surface area contributed by atoms with Gasteiger partial charge in [0.05, 0.1) is 11.6 Å². The van der Waals surface area contributed by atoms with Crippen molar-refractivity contribution in [3.05, 3.63) is 35.1 Å². The molecular formula is C17H23FN2O4. The zero-order valence-corrected chi connectivity index (χ0v) is 14.5. The summed E-state index contributed by atoms with van der Waals surface area (Å²) in [7, 11) is 0. The van der Waals surface area contributed by atoms with Crippen molar-refractivity contribution in [2.24, 2.45) is 0 Å². The van der Waals surface area contributed by atoms with Crippen LogP contribution in [0.15, 0.2) is 18.2 Å². The van der Waals surface area contributed by atoms with Gasteiger partial charge in [0.15, 0.2) is 0 Å². The first kappa shape index (κ1) is 21.4. The lowest BCUT2D eigenvalue weighted by molar-refractivity contribution is -0.139. The number of hydrogen-bond donors (Lipinski definition) is 2. The third-order valence-electron chi connectivity index (χ3n) is 2.61. The highest BCUT2D eigenvalue weighted by Gasteiger charge is 2.25. The number of ether oxygens (including phenoxy) is 1. The average molecular weight is 338 g/mol. The van der Waals surface area contributed by atoms with Gasteiger partial charge in [0.2, 0.25) is 0 Å². The number of carbonyl (C=O) groups excluding carboxylic acids is 1. The largest absolute Gasteiger partial charge is 0.480 e. The molecule has 0 spiro atoms. The van der Waals surface area contributed by atoms with E-state index >= 15 is 0 Å². The predicted octanol–water partition coefficient (Wildman–Crippen LogP) is 3.24. The summed E-state index contributed by atoms with van der Waals surface area (Å²) in [5.41, 5.74) is -0.412. The molecule has 0 aromatic heterocycles. The van der Waals surface area contributed by atoms with Gasteiger partial charge in [0, 0.05) is 6.42 Å². The number of nitrogens with one attached hydrogen (secondary N) is 1. The number of nitrogens with zero attached hydrogens (tertiary/aromatic N) is 1. The summed E-state index contributed by atoms with van der Waals surface area (Å²) in [6, 6.07) is 3.97. The van der Waals surface area contributed by atoms with Crippen LogP contribution in [0.4, 0.5) is 9.18 Å².